The zero-order chi connectivity index (χ0) is 14.7. The Kier molecular flexibility index (Phi) is 4.06. The monoisotopic (exact) mass is 274 g/mol. The molecule has 0 bridgehead atoms. The molecule has 3 aromatic carbocycles. The Bertz CT molecular complexity index is 748. The molecule has 0 nitrogen and oxygen atoms in total. The van der Waals surface area contributed by atoms with E-state index in [1.165, 1.54) is 52.3 Å². The second-order valence-corrected chi connectivity index (χ2v) is 5.83. The van der Waals surface area contributed by atoms with Gasteiger partial charge in [0, 0.05) is 0 Å². The van der Waals surface area contributed by atoms with Crippen molar-refractivity contribution in [2.75, 3.05) is 0 Å². The van der Waals surface area contributed by atoms with Crippen LogP contribution < -0.4 is 0 Å². The van der Waals surface area contributed by atoms with Crippen LogP contribution in [0.15, 0.2) is 60.7 Å². The average molecular weight is 274 g/mol. The number of hydrogen-bond donors (Lipinski definition) is 0. The topological polar surface area (TPSA) is 0 Å². The van der Waals surface area contributed by atoms with Gasteiger partial charge in [-0.2, -0.15) is 0 Å². The van der Waals surface area contributed by atoms with Gasteiger partial charge in [-0.05, 0) is 46.9 Å². The second-order valence-electron chi connectivity index (χ2n) is 5.83. The highest BCUT2D eigenvalue weighted by Gasteiger charge is 2.07. The fraction of sp³-hybridized carbons (Fsp3) is 0.238. The first-order valence-electron chi connectivity index (χ1n) is 7.82. The maximum Gasteiger partial charge on any atom is -0.0146 e. The summed E-state index contributed by atoms with van der Waals surface area (Å²) >= 11 is 0. The first-order chi connectivity index (χ1) is 10.3. The molecule has 1 fully saturated rings. The standard InChI is InChI=1S/C18H16.C3H6/c1-13-7-3-5-9-16(13)18-12-11-15-8-4-6-10-17(15)14(18)2;1-2-3-1/h3-12H,1-2H3;1-3H2. The summed E-state index contributed by atoms with van der Waals surface area (Å²) in [5.74, 6) is 0. The van der Waals surface area contributed by atoms with E-state index >= 15 is 0 Å². The number of benzene rings is 3. The van der Waals surface area contributed by atoms with Gasteiger partial charge >= 0.3 is 0 Å². The molecule has 0 amide bonds. The van der Waals surface area contributed by atoms with Crippen LogP contribution in [0, 0.1) is 13.8 Å². The Morgan fingerprint density at radius 3 is 2.00 bits per heavy atom. The first kappa shape index (κ1) is 13.9. The van der Waals surface area contributed by atoms with Gasteiger partial charge in [-0.1, -0.05) is 79.9 Å². The van der Waals surface area contributed by atoms with Crippen molar-refractivity contribution in [3.63, 3.8) is 0 Å². The smallest absolute Gasteiger partial charge is 0.0146 e. The van der Waals surface area contributed by atoms with Crippen LogP contribution in [0.1, 0.15) is 30.4 Å². The molecule has 0 N–H and O–H groups in total. The normalized spacial score (nSPS) is 12.7. The summed E-state index contributed by atoms with van der Waals surface area (Å²) in [6.45, 7) is 4.38. The molecule has 0 heteroatoms. The molecule has 0 heterocycles. The van der Waals surface area contributed by atoms with Crippen molar-refractivity contribution in [2.24, 2.45) is 0 Å². The Hall–Kier alpha value is -2.08. The van der Waals surface area contributed by atoms with E-state index in [1.54, 1.807) is 0 Å². The van der Waals surface area contributed by atoms with Gasteiger partial charge in [-0.3, -0.25) is 0 Å². The fourth-order valence-corrected chi connectivity index (χ4v) is 2.59. The molecule has 1 saturated carbocycles. The van der Waals surface area contributed by atoms with E-state index in [1.807, 2.05) is 0 Å². The molecule has 0 spiro atoms. The van der Waals surface area contributed by atoms with E-state index in [9.17, 15) is 0 Å². The van der Waals surface area contributed by atoms with Crippen molar-refractivity contribution < 1.29 is 0 Å². The van der Waals surface area contributed by atoms with Crippen molar-refractivity contribution in [3.8, 4) is 11.1 Å². The zero-order valence-corrected chi connectivity index (χ0v) is 12.9. The molecule has 0 saturated heterocycles. The third-order valence-electron chi connectivity index (χ3n) is 3.99. The van der Waals surface area contributed by atoms with Gasteiger partial charge < -0.3 is 0 Å². The largest absolute Gasteiger partial charge is 0.0620 e. The lowest BCUT2D eigenvalue weighted by atomic mass is 9.93. The summed E-state index contributed by atoms with van der Waals surface area (Å²) in [5, 5.41) is 2.66. The molecule has 0 radical (unpaired) electrons. The van der Waals surface area contributed by atoms with Crippen molar-refractivity contribution in [1.29, 1.82) is 0 Å². The van der Waals surface area contributed by atoms with Crippen LogP contribution in [0.3, 0.4) is 0 Å². The van der Waals surface area contributed by atoms with Gasteiger partial charge in [0.15, 0.2) is 0 Å². The van der Waals surface area contributed by atoms with E-state index in [2.05, 4.69) is 74.5 Å². The van der Waals surface area contributed by atoms with Crippen LogP contribution in [0.2, 0.25) is 0 Å². The highest BCUT2D eigenvalue weighted by atomic mass is 14.1. The molecule has 0 aliphatic heterocycles. The summed E-state index contributed by atoms with van der Waals surface area (Å²) in [4.78, 5) is 0. The highest BCUT2D eigenvalue weighted by Crippen LogP contribution is 2.31. The molecular formula is C21H22. The van der Waals surface area contributed by atoms with Crippen molar-refractivity contribution >= 4 is 10.8 Å². The minimum atomic E-state index is 1.31. The Morgan fingerprint density at radius 2 is 1.29 bits per heavy atom. The minimum Gasteiger partial charge on any atom is -0.0620 e. The van der Waals surface area contributed by atoms with Crippen LogP contribution in [0.25, 0.3) is 21.9 Å². The van der Waals surface area contributed by atoms with Crippen LogP contribution in [-0.2, 0) is 0 Å². The van der Waals surface area contributed by atoms with Gasteiger partial charge in [0.2, 0.25) is 0 Å². The number of aryl methyl sites for hydroxylation is 2. The third-order valence-corrected chi connectivity index (χ3v) is 3.99. The average Bonchev–Trinajstić information content (AvgIpc) is 3.38. The second kappa shape index (κ2) is 6.13. The van der Waals surface area contributed by atoms with Gasteiger partial charge in [0.1, 0.15) is 0 Å². The SMILES string of the molecule is C1CC1.Cc1ccccc1-c1ccc2ccccc2c1C. The quantitative estimate of drug-likeness (QED) is 0.489. The molecule has 4 rings (SSSR count). The van der Waals surface area contributed by atoms with Crippen LogP contribution in [0.5, 0.6) is 0 Å². The van der Waals surface area contributed by atoms with Gasteiger partial charge in [-0.15, -0.1) is 0 Å². The number of hydrogen-bond acceptors (Lipinski definition) is 0. The predicted octanol–water partition coefficient (Wildman–Crippen LogP) is 6.29. The molecule has 0 atom stereocenters. The van der Waals surface area contributed by atoms with E-state index in [0.717, 1.165) is 0 Å². The summed E-state index contributed by atoms with van der Waals surface area (Å²) in [6.07, 6.45) is 4.50. The molecule has 3 aromatic rings. The number of fused-ring (bicyclic) bond motifs is 1. The van der Waals surface area contributed by atoms with E-state index in [4.69, 9.17) is 0 Å². The maximum atomic E-state index is 2.24. The molecule has 0 aromatic heterocycles. The summed E-state index contributed by atoms with van der Waals surface area (Å²) in [5.41, 5.74) is 5.37. The van der Waals surface area contributed by atoms with E-state index in [-0.39, 0.29) is 0 Å². The highest BCUT2D eigenvalue weighted by molar-refractivity contribution is 5.91. The van der Waals surface area contributed by atoms with E-state index in [0.29, 0.717) is 0 Å². The van der Waals surface area contributed by atoms with Gasteiger partial charge in [0.05, 0.1) is 0 Å². The molecule has 0 unspecified atom stereocenters. The van der Waals surface area contributed by atoms with Crippen molar-refractivity contribution in [3.05, 3.63) is 71.8 Å². The summed E-state index contributed by atoms with van der Waals surface area (Å²) < 4.78 is 0. The van der Waals surface area contributed by atoms with Crippen LogP contribution in [-0.4, -0.2) is 0 Å². The molecule has 106 valence electrons. The number of rotatable bonds is 1. The van der Waals surface area contributed by atoms with Crippen molar-refractivity contribution in [1.82, 2.24) is 0 Å². The predicted molar refractivity (Wildman–Crippen MR) is 92.7 cm³/mol. The maximum absolute atomic E-state index is 2.24. The fourth-order valence-electron chi connectivity index (χ4n) is 2.59. The summed E-state index contributed by atoms with van der Waals surface area (Å²) in [7, 11) is 0. The van der Waals surface area contributed by atoms with Crippen LogP contribution >= 0.6 is 0 Å². The lowest BCUT2D eigenvalue weighted by Gasteiger charge is -2.11. The summed E-state index contributed by atoms with van der Waals surface area (Å²) in [6, 6.07) is 21.6. The third kappa shape index (κ3) is 3.16. The molecule has 1 aliphatic carbocycles. The minimum absolute atomic E-state index is 1.31. The van der Waals surface area contributed by atoms with Gasteiger partial charge in [-0.25, -0.2) is 0 Å². The van der Waals surface area contributed by atoms with Crippen molar-refractivity contribution in [2.45, 2.75) is 33.1 Å². The van der Waals surface area contributed by atoms with Crippen LogP contribution in [0.4, 0.5) is 0 Å². The molecular weight excluding hydrogens is 252 g/mol. The Morgan fingerprint density at radius 1 is 0.619 bits per heavy atom. The molecule has 21 heavy (non-hydrogen) atoms. The van der Waals surface area contributed by atoms with Gasteiger partial charge in [0.25, 0.3) is 0 Å². The van der Waals surface area contributed by atoms with E-state index < -0.39 is 0 Å². The lowest BCUT2D eigenvalue weighted by Crippen LogP contribution is -1.88. The lowest BCUT2D eigenvalue weighted by molar-refractivity contribution is 1.43. The first-order valence-corrected chi connectivity index (χ1v) is 7.82. The molecule has 1 aliphatic rings. The Labute approximate surface area is 127 Å². The Balaban J connectivity index is 0.000000393. The zero-order valence-electron chi connectivity index (χ0n) is 12.9.